The van der Waals surface area contributed by atoms with Gasteiger partial charge in [0.2, 0.25) is 0 Å². The Balaban J connectivity index is 1.69. The summed E-state index contributed by atoms with van der Waals surface area (Å²) < 4.78 is 0. The van der Waals surface area contributed by atoms with Gasteiger partial charge in [-0.05, 0) is 37.8 Å². The topological polar surface area (TPSA) is 12.0 Å². The highest BCUT2D eigenvalue weighted by molar-refractivity contribution is 4.83. The van der Waals surface area contributed by atoms with Crippen molar-refractivity contribution >= 4 is 0 Å². The first-order valence-corrected chi connectivity index (χ1v) is 6.05. The SMILES string of the molecule is CCCCCCCNCC1CC1C. The summed E-state index contributed by atoms with van der Waals surface area (Å²) in [4.78, 5) is 0. The minimum absolute atomic E-state index is 1.01. The van der Waals surface area contributed by atoms with E-state index in [1.165, 1.54) is 51.6 Å². The second-order valence-corrected chi connectivity index (χ2v) is 4.59. The van der Waals surface area contributed by atoms with E-state index in [1.807, 2.05) is 0 Å². The van der Waals surface area contributed by atoms with Gasteiger partial charge in [-0.1, -0.05) is 39.5 Å². The highest BCUT2D eigenvalue weighted by Gasteiger charge is 2.31. The molecule has 2 atom stereocenters. The molecule has 0 radical (unpaired) electrons. The van der Waals surface area contributed by atoms with E-state index in [2.05, 4.69) is 19.2 Å². The Kier molecular flexibility index (Phi) is 5.45. The number of hydrogen-bond donors (Lipinski definition) is 1. The third-order valence-corrected chi connectivity index (χ3v) is 3.14. The maximum Gasteiger partial charge on any atom is -0.00179 e. The van der Waals surface area contributed by atoms with Crippen molar-refractivity contribution in [2.24, 2.45) is 11.8 Å². The molecule has 1 N–H and O–H groups in total. The van der Waals surface area contributed by atoms with Crippen LogP contribution in [0.1, 0.15) is 52.4 Å². The van der Waals surface area contributed by atoms with Gasteiger partial charge < -0.3 is 5.32 Å². The third kappa shape index (κ3) is 5.30. The lowest BCUT2D eigenvalue weighted by Gasteiger charge is -2.03. The predicted octanol–water partition coefficient (Wildman–Crippen LogP) is 3.20. The zero-order valence-electron chi connectivity index (χ0n) is 9.31. The molecule has 0 aromatic carbocycles. The largest absolute Gasteiger partial charge is 0.316 e. The van der Waals surface area contributed by atoms with Gasteiger partial charge in [-0.15, -0.1) is 0 Å². The van der Waals surface area contributed by atoms with Gasteiger partial charge in [-0.3, -0.25) is 0 Å². The second kappa shape index (κ2) is 6.42. The smallest absolute Gasteiger partial charge is 0.00179 e. The lowest BCUT2D eigenvalue weighted by atomic mass is 10.1. The van der Waals surface area contributed by atoms with Crippen LogP contribution in [0, 0.1) is 11.8 Å². The van der Waals surface area contributed by atoms with E-state index in [9.17, 15) is 0 Å². The van der Waals surface area contributed by atoms with E-state index in [0.29, 0.717) is 0 Å². The first-order chi connectivity index (χ1) is 6.34. The van der Waals surface area contributed by atoms with E-state index in [4.69, 9.17) is 0 Å². The maximum atomic E-state index is 3.55. The van der Waals surface area contributed by atoms with Crippen LogP contribution < -0.4 is 5.32 Å². The fourth-order valence-electron chi connectivity index (χ4n) is 1.82. The molecule has 0 saturated heterocycles. The van der Waals surface area contributed by atoms with Crippen LogP contribution in [0.4, 0.5) is 0 Å². The minimum atomic E-state index is 1.01. The highest BCUT2D eigenvalue weighted by Crippen LogP contribution is 2.36. The Hall–Kier alpha value is -0.0400. The summed E-state index contributed by atoms with van der Waals surface area (Å²) in [5.41, 5.74) is 0. The molecule has 13 heavy (non-hydrogen) atoms. The molecule has 0 heterocycles. The number of rotatable bonds is 8. The second-order valence-electron chi connectivity index (χ2n) is 4.59. The van der Waals surface area contributed by atoms with Crippen LogP contribution >= 0.6 is 0 Å². The van der Waals surface area contributed by atoms with Crippen LogP contribution in [0.5, 0.6) is 0 Å². The van der Waals surface area contributed by atoms with E-state index in [-0.39, 0.29) is 0 Å². The standard InChI is InChI=1S/C12H25N/c1-3-4-5-6-7-8-13-10-12-9-11(12)2/h11-13H,3-10H2,1-2H3. The minimum Gasteiger partial charge on any atom is -0.316 e. The van der Waals surface area contributed by atoms with Gasteiger partial charge in [0.05, 0.1) is 0 Å². The van der Waals surface area contributed by atoms with Crippen molar-refractivity contribution in [1.82, 2.24) is 5.32 Å². The molecule has 1 rings (SSSR count). The van der Waals surface area contributed by atoms with Gasteiger partial charge in [0.1, 0.15) is 0 Å². The summed E-state index contributed by atoms with van der Waals surface area (Å²) in [6.45, 7) is 7.14. The molecule has 2 unspecified atom stereocenters. The Morgan fingerprint density at radius 3 is 2.46 bits per heavy atom. The quantitative estimate of drug-likeness (QED) is 0.570. The fraction of sp³-hybridized carbons (Fsp3) is 1.00. The molecule has 1 nitrogen and oxygen atoms in total. The molecular formula is C12H25N. The summed E-state index contributed by atoms with van der Waals surface area (Å²) >= 11 is 0. The lowest BCUT2D eigenvalue weighted by Crippen LogP contribution is -2.18. The third-order valence-electron chi connectivity index (χ3n) is 3.14. The summed E-state index contributed by atoms with van der Waals surface area (Å²) in [5, 5.41) is 3.55. The molecule has 0 aromatic rings. The van der Waals surface area contributed by atoms with Crippen molar-refractivity contribution in [2.45, 2.75) is 52.4 Å². The lowest BCUT2D eigenvalue weighted by molar-refractivity contribution is 0.559. The zero-order valence-corrected chi connectivity index (χ0v) is 9.31. The molecule has 1 aliphatic carbocycles. The van der Waals surface area contributed by atoms with E-state index in [0.717, 1.165) is 11.8 Å². The summed E-state index contributed by atoms with van der Waals surface area (Å²) in [6, 6.07) is 0. The summed E-state index contributed by atoms with van der Waals surface area (Å²) in [6.07, 6.45) is 8.45. The molecule has 0 bridgehead atoms. The molecule has 0 aliphatic heterocycles. The van der Waals surface area contributed by atoms with Gasteiger partial charge in [0, 0.05) is 0 Å². The van der Waals surface area contributed by atoms with Gasteiger partial charge in [0.15, 0.2) is 0 Å². The first-order valence-electron chi connectivity index (χ1n) is 6.05. The molecule has 1 aliphatic rings. The summed E-state index contributed by atoms with van der Waals surface area (Å²) in [7, 11) is 0. The normalized spacial score (nSPS) is 26.3. The predicted molar refractivity (Wildman–Crippen MR) is 58.9 cm³/mol. The van der Waals surface area contributed by atoms with Crippen molar-refractivity contribution < 1.29 is 0 Å². The van der Waals surface area contributed by atoms with Crippen molar-refractivity contribution in [3.63, 3.8) is 0 Å². The van der Waals surface area contributed by atoms with E-state index >= 15 is 0 Å². The van der Waals surface area contributed by atoms with Crippen LogP contribution in [0.25, 0.3) is 0 Å². The van der Waals surface area contributed by atoms with Gasteiger partial charge in [0.25, 0.3) is 0 Å². The Morgan fingerprint density at radius 2 is 1.85 bits per heavy atom. The van der Waals surface area contributed by atoms with Crippen LogP contribution in [0.15, 0.2) is 0 Å². The average Bonchev–Trinajstić information content (AvgIpc) is 2.81. The van der Waals surface area contributed by atoms with Crippen molar-refractivity contribution in [1.29, 1.82) is 0 Å². The molecule has 0 spiro atoms. The van der Waals surface area contributed by atoms with Gasteiger partial charge in [-0.2, -0.15) is 0 Å². The molecule has 1 heteroatoms. The van der Waals surface area contributed by atoms with E-state index in [1.54, 1.807) is 0 Å². The van der Waals surface area contributed by atoms with Crippen LogP contribution in [0.2, 0.25) is 0 Å². The maximum absolute atomic E-state index is 3.55. The first kappa shape index (κ1) is 11.0. The Morgan fingerprint density at radius 1 is 1.15 bits per heavy atom. The van der Waals surface area contributed by atoms with Gasteiger partial charge >= 0.3 is 0 Å². The number of nitrogens with one attached hydrogen (secondary N) is 1. The van der Waals surface area contributed by atoms with Crippen LogP contribution in [0.3, 0.4) is 0 Å². The molecule has 78 valence electrons. The van der Waals surface area contributed by atoms with Crippen molar-refractivity contribution in [3.05, 3.63) is 0 Å². The Labute approximate surface area is 83.3 Å². The van der Waals surface area contributed by atoms with E-state index < -0.39 is 0 Å². The average molecular weight is 183 g/mol. The van der Waals surface area contributed by atoms with Crippen LogP contribution in [-0.2, 0) is 0 Å². The molecule has 0 amide bonds. The summed E-state index contributed by atoms with van der Waals surface area (Å²) in [5.74, 6) is 2.02. The van der Waals surface area contributed by atoms with Crippen molar-refractivity contribution in [3.8, 4) is 0 Å². The molecule has 1 fully saturated rings. The molecular weight excluding hydrogens is 158 g/mol. The van der Waals surface area contributed by atoms with Crippen molar-refractivity contribution in [2.75, 3.05) is 13.1 Å². The van der Waals surface area contributed by atoms with Crippen LogP contribution in [-0.4, -0.2) is 13.1 Å². The highest BCUT2D eigenvalue weighted by atomic mass is 14.9. The van der Waals surface area contributed by atoms with Gasteiger partial charge in [-0.25, -0.2) is 0 Å². The monoisotopic (exact) mass is 183 g/mol. The number of hydrogen-bond acceptors (Lipinski definition) is 1. The molecule has 0 aromatic heterocycles. The Bertz CT molecular complexity index is 122. The fourth-order valence-corrected chi connectivity index (χ4v) is 1.82. The number of unbranched alkanes of at least 4 members (excludes halogenated alkanes) is 4. The molecule has 1 saturated carbocycles. The zero-order chi connectivity index (χ0) is 9.52.